The summed E-state index contributed by atoms with van der Waals surface area (Å²) in [7, 11) is 0. The minimum absolute atomic E-state index is 0.0361. The van der Waals surface area contributed by atoms with Crippen LogP contribution in [0.1, 0.15) is 0 Å². The predicted molar refractivity (Wildman–Crippen MR) is 253 cm³/mol. The van der Waals surface area contributed by atoms with Crippen LogP contribution in [0.4, 0.5) is 0 Å². The molecule has 0 atom stereocenters. The van der Waals surface area contributed by atoms with Gasteiger partial charge in [0, 0.05) is 70.8 Å². The van der Waals surface area contributed by atoms with Gasteiger partial charge in [0.25, 0.3) is 13.4 Å². The molecule has 0 amide bonds. The molecule has 0 N–H and O–H groups in total. The third-order valence-corrected chi connectivity index (χ3v) is 15.1. The summed E-state index contributed by atoms with van der Waals surface area (Å²) in [5, 5.41) is 10.4. The zero-order valence-electron chi connectivity index (χ0n) is 32.1. The number of aromatic nitrogens is 4. The lowest BCUT2D eigenvalue weighted by molar-refractivity contribution is 1.05. The van der Waals surface area contributed by atoms with Crippen molar-refractivity contribution in [1.29, 1.82) is 0 Å². The van der Waals surface area contributed by atoms with E-state index in [0.29, 0.717) is 0 Å². The van der Waals surface area contributed by atoms with Crippen LogP contribution in [0.15, 0.2) is 170 Å². The molecule has 6 heteroatoms. The molecule has 0 saturated carbocycles. The van der Waals surface area contributed by atoms with Crippen molar-refractivity contribution in [2.75, 3.05) is 0 Å². The Morgan fingerprint density at radius 2 is 0.533 bits per heavy atom. The molecule has 17 rings (SSSR count). The second-order valence-corrected chi connectivity index (χ2v) is 17.5. The molecule has 0 spiro atoms. The highest BCUT2D eigenvalue weighted by atomic mass is 15.1. The minimum atomic E-state index is 0.0361. The van der Waals surface area contributed by atoms with Crippen LogP contribution in [0, 0.1) is 0 Å². The number of fused-ring (bicyclic) bond motifs is 16. The van der Waals surface area contributed by atoms with E-state index in [4.69, 9.17) is 0 Å². The van der Waals surface area contributed by atoms with Crippen LogP contribution in [0.2, 0.25) is 0 Å². The highest BCUT2D eigenvalue weighted by Crippen LogP contribution is 2.47. The van der Waals surface area contributed by atoms with Crippen molar-refractivity contribution in [3.63, 3.8) is 0 Å². The molecule has 8 heterocycles. The maximum absolute atomic E-state index is 2.73. The summed E-state index contributed by atoms with van der Waals surface area (Å²) in [6.07, 6.45) is 0. The summed E-state index contributed by atoms with van der Waals surface area (Å²) in [4.78, 5) is 0. The van der Waals surface area contributed by atoms with Gasteiger partial charge in [-0.1, -0.05) is 146 Å². The van der Waals surface area contributed by atoms with Gasteiger partial charge in [-0.15, -0.1) is 0 Å². The highest BCUT2D eigenvalue weighted by Gasteiger charge is 2.50. The van der Waals surface area contributed by atoms with Gasteiger partial charge in [0.2, 0.25) is 0 Å². The monoisotopic (exact) mass is 754 g/mol. The summed E-state index contributed by atoms with van der Waals surface area (Å²) in [5.74, 6) is 0. The molecule has 0 unspecified atom stereocenters. The SMILES string of the molecule is c1ccc2c(c1)c1ccccc1n2-c1c2c3c4c5c1-n1c6ccccc6c6cccc(c61)B5c1cccc5c6cccc(c6n-4c15)B3c1cccc3c4ccccc4n-2c13. The van der Waals surface area contributed by atoms with E-state index < -0.39 is 0 Å². The molecule has 0 radical (unpaired) electrons. The standard InChI is InChI=1S/C54H28B2N4/c1-5-25-41-29(13-1)30-14-2-6-26-42(30)57(41)54-52-45-51-46-53(54)59-44-28-8-4-16-32(44)34-18-10-22-38(48(34)59)56(46)40-24-12-20-36-35-19-11-23-39(49(35)60(51)50(36)40)55(45)37-21-9-17-33-31-15-3-7-27-43(31)58(52)47(33)37/h1-28H. The van der Waals surface area contributed by atoms with E-state index in [9.17, 15) is 0 Å². The van der Waals surface area contributed by atoms with Crippen LogP contribution in [-0.4, -0.2) is 31.7 Å². The van der Waals surface area contributed by atoms with Gasteiger partial charge in [0.15, 0.2) is 0 Å². The summed E-state index contributed by atoms with van der Waals surface area (Å²) in [6, 6.07) is 64.8. The first kappa shape index (κ1) is 29.5. The molecule has 270 valence electrons. The van der Waals surface area contributed by atoms with E-state index in [1.54, 1.807) is 0 Å². The van der Waals surface area contributed by atoms with Crippen LogP contribution in [0.3, 0.4) is 0 Å². The number of rotatable bonds is 1. The maximum atomic E-state index is 2.73. The molecule has 0 aliphatic carbocycles. The van der Waals surface area contributed by atoms with Crippen LogP contribution >= 0.6 is 0 Å². The first-order chi connectivity index (χ1) is 29.9. The molecular weight excluding hydrogens is 726 g/mol. The van der Waals surface area contributed by atoms with Crippen LogP contribution in [0.5, 0.6) is 0 Å². The van der Waals surface area contributed by atoms with Crippen molar-refractivity contribution in [2.24, 2.45) is 0 Å². The second-order valence-electron chi connectivity index (χ2n) is 17.5. The van der Waals surface area contributed by atoms with Crippen molar-refractivity contribution < 1.29 is 0 Å². The predicted octanol–water partition coefficient (Wildman–Crippen LogP) is 8.36. The molecule has 9 aromatic carbocycles. The fraction of sp³-hybridized carbons (Fsp3) is 0. The fourth-order valence-electron chi connectivity index (χ4n) is 13.2. The number of benzene rings is 9. The first-order valence-electron chi connectivity index (χ1n) is 21.2. The van der Waals surface area contributed by atoms with Gasteiger partial charge in [-0.25, -0.2) is 0 Å². The smallest absolute Gasteiger partial charge is 0.252 e. The first-order valence-corrected chi connectivity index (χ1v) is 21.2. The normalized spacial score (nSPS) is 13.9. The molecule has 60 heavy (non-hydrogen) atoms. The molecule has 4 aliphatic heterocycles. The number of hydrogen-bond acceptors (Lipinski definition) is 0. The van der Waals surface area contributed by atoms with Crippen molar-refractivity contribution in [2.45, 2.75) is 0 Å². The van der Waals surface area contributed by atoms with Crippen LogP contribution in [-0.2, 0) is 0 Å². The number of para-hydroxylation sites is 8. The van der Waals surface area contributed by atoms with E-state index in [0.717, 1.165) is 0 Å². The van der Waals surface area contributed by atoms with E-state index in [2.05, 4.69) is 188 Å². The Balaban J connectivity index is 1.26. The summed E-state index contributed by atoms with van der Waals surface area (Å²) < 4.78 is 10.8. The Hall–Kier alpha value is -7.69. The zero-order chi connectivity index (χ0) is 38.3. The lowest BCUT2D eigenvalue weighted by Gasteiger charge is -2.42. The summed E-state index contributed by atoms with van der Waals surface area (Å²) >= 11 is 0. The highest BCUT2D eigenvalue weighted by molar-refractivity contribution is 7.04. The molecule has 4 aliphatic rings. The Bertz CT molecular complexity index is 4000. The van der Waals surface area contributed by atoms with Gasteiger partial charge in [0.1, 0.15) is 0 Å². The largest absolute Gasteiger partial charge is 0.311 e. The molecular formula is C54H28B2N4. The summed E-state index contributed by atoms with van der Waals surface area (Å²) in [6.45, 7) is 0.0721. The number of nitrogens with zero attached hydrogens (tertiary/aromatic N) is 4. The Morgan fingerprint density at radius 3 is 0.933 bits per heavy atom. The lowest BCUT2D eigenvalue weighted by Crippen LogP contribution is -2.67. The zero-order valence-corrected chi connectivity index (χ0v) is 32.1. The van der Waals surface area contributed by atoms with Crippen molar-refractivity contribution in [3.05, 3.63) is 170 Å². The van der Waals surface area contributed by atoms with E-state index in [1.807, 2.05) is 0 Å². The number of hydrogen-bond donors (Lipinski definition) is 0. The van der Waals surface area contributed by atoms with E-state index in [1.165, 1.54) is 143 Å². The Kier molecular flexibility index (Phi) is 4.72. The Labute approximate surface area is 342 Å². The third-order valence-electron chi connectivity index (χ3n) is 15.1. The van der Waals surface area contributed by atoms with E-state index in [-0.39, 0.29) is 13.4 Å². The molecule has 0 saturated heterocycles. The van der Waals surface area contributed by atoms with Crippen LogP contribution < -0.4 is 32.8 Å². The van der Waals surface area contributed by atoms with Gasteiger partial charge >= 0.3 is 0 Å². The van der Waals surface area contributed by atoms with Gasteiger partial charge < -0.3 is 18.3 Å². The molecule has 0 bridgehead atoms. The van der Waals surface area contributed by atoms with Gasteiger partial charge in [0.05, 0.1) is 39.1 Å². The fourth-order valence-corrected chi connectivity index (χ4v) is 13.2. The average Bonchev–Trinajstić information content (AvgIpc) is 4.04. The van der Waals surface area contributed by atoms with Crippen molar-refractivity contribution in [1.82, 2.24) is 18.3 Å². The third kappa shape index (κ3) is 2.93. The molecule has 13 aromatic rings. The van der Waals surface area contributed by atoms with Gasteiger partial charge in [-0.3, -0.25) is 0 Å². The summed E-state index contributed by atoms with van der Waals surface area (Å²) in [5.41, 5.74) is 23.9. The van der Waals surface area contributed by atoms with E-state index >= 15 is 0 Å². The van der Waals surface area contributed by atoms with Gasteiger partial charge in [-0.05, 0) is 57.0 Å². The van der Waals surface area contributed by atoms with Crippen molar-refractivity contribution >= 4 is 133 Å². The second kappa shape index (κ2) is 9.60. The van der Waals surface area contributed by atoms with Gasteiger partial charge in [-0.2, -0.15) is 0 Å². The maximum Gasteiger partial charge on any atom is 0.252 e. The Morgan fingerprint density at radius 1 is 0.233 bits per heavy atom. The topological polar surface area (TPSA) is 19.7 Å². The molecule has 0 fully saturated rings. The molecule has 4 nitrogen and oxygen atoms in total. The minimum Gasteiger partial charge on any atom is -0.311 e. The molecule has 4 aromatic heterocycles. The lowest BCUT2D eigenvalue weighted by atomic mass is 9.30. The quantitative estimate of drug-likeness (QED) is 0.150. The van der Waals surface area contributed by atoms with Crippen molar-refractivity contribution in [3.8, 4) is 22.7 Å². The van der Waals surface area contributed by atoms with Crippen LogP contribution in [0.25, 0.3) is 110 Å². The average molecular weight is 754 g/mol.